The Morgan fingerprint density at radius 2 is 1.62 bits per heavy atom. The van der Waals surface area contributed by atoms with Crippen LogP contribution in [0.1, 0.15) is 5.56 Å². The van der Waals surface area contributed by atoms with E-state index in [1.165, 1.54) is 13.2 Å². The van der Waals surface area contributed by atoms with E-state index < -0.39 is 5.97 Å². The van der Waals surface area contributed by atoms with Crippen LogP contribution in [-0.4, -0.2) is 49.5 Å². The molecule has 0 unspecified atom stereocenters. The highest BCUT2D eigenvalue weighted by Gasteiger charge is 1.99. The van der Waals surface area contributed by atoms with Gasteiger partial charge >= 0.3 is 5.97 Å². The number of methoxy groups -OCH3 is 1. The van der Waals surface area contributed by atoms with Crippen molar-refractivity contribution >= 4 is 12.0 Å². The van der Waals surface area contributed by atoms with Gasteiger partial charge in [0.2, 0.25) is 0 Å². The van der Waals surface area contributed by atoms with Crippen molar-refractivity contribution in [1.82, 2.24) is 9.97 Å². The van der Waals surface area contributed by atoms with Gasteiger partial charge in [-0.2, -0.15) is 0 Å². The van der Waals surface area contributed by atoms with Crippen molar-refractivity contribution < 1.29 is 19.0 Å². The molecule has 1 aromatic heterocycles. The smallest absolute Gasteiger partial charge is 0.330 e. The first-order valence-electron chi connectivity index (χ1n) is 7.58. The SMILES string of the molecule is C1COCCO1.COC(=O)/C=C/c1cnc(-c2ccccc2)nc1. The van der Waals surface area contributed by atoms with Gasteiger partial charge in [-0.1, -0.05) is 30.3 Å². The Morgan fingerprint density at radius 1 is 1.04 bits per heavy atom. The Bertz CT molecular complexity index is 626. The molecule has 1 fully saturated rings. The van der Waals surface area contributed by atoms with E-state index >= 15 is 0 Å². The molecule has 3 rings (SSSR count). The Balaban J connectivity index is 0.000000292. The topological polar surface area (TPSA) is 70.5 Å². The van der Waals surface area contributed by atoms with Gasteiger partial charge in [0.25, 0.3) is 0 Å². The van der Waals surface area contributed by atoms with Crippen LogP contribution in [-0.2, 0) is 19.0 Å². The Hall–Kier alpha value is -2.57. The van der Waals surface area contributed by atoms with Gasteiger partial charge in [0.05, 0.1) is 33.5 Å². The number of esters is 1. The van der Waals surface area contributed by atoms with Crippen LogP contribution in [0.15, 0.2) is 48.8 Å². The van der Waals surface area contributed by atoms with Crippen LogP contribution in [0.4, 0.5) is 0 Å². The summed E-state index contributed by atoms with van der Waals surface area (Å²) >= 11 is 0. The highest BCUT2D eigenvalue weighted by atomic mass is 16.6. The maximum Gasteiger partial charge on any atom is 0.330 e. The quantitative estimate of drug-likeness (QED) is 0.636. The molecule has 1 aliphatic rings. The minimum atomic E-state index is -0.401. The molecule has 2 heterocycles. The van der Waals surface area contributed by atoms with Crippen molar-refractivity contribution in [3.63, 3.8) is 0 Å². The van der Waals surface area contributed by atoms with Crippen LogP contribution in [0.3, 0.4) is 0 Å². The third-order valence-corrected chi connectivity index (χ3v) is 3.06. The van der Waals surface area contributed by atoms with Crippen LogP contribution in [0.2, 0.25) is 0 Å². The maximum atomic E-state index is 10.9. The summed E-state index contributed by atoms with van der Waals surface area (Å²) in [4.78, 5) is 19.4. The third kappa shape index (κ3) is 6.28. The van der Waals surface area contributed by atoms with E-state index in [-0.39, 0.29) is 0 Å². The lowest BCUT2D eigenvalue weighted by atomic mass is 10.2. The first-order valence-corrected chi connectivity index (χ1v) is 7.58. The van der Waals surface area contributed by atoms with E-state index in [1.807, 2.05) is 30.3 Å². The molecule has 0 atom stereocenters. The van der Waals surface area contributed by atoms with Crippen molar-refractivity contribution in [3.05, 3.63) is 54.4 Å². The molecule has 1 aromatic carbocycles. The second-order valence-corrected chi connectivity index (χ2v) is 4.79. The summed E-state index contributed by atoms with van der Waals surface area (Å²) in [6.07, 6.45) is 6.27. The van der Waals surface area contributed by atoms with Crippen molar-refractivity contribution in [2.45, 2.75) is 0 Å². The number of hydrogen-bond donors (Lipinski definition) is 0. The van der Waals surface area contributed by atoms with Crippen LogP contribution in [0.25, 0.3) is 17.5 Å². The molecule has 2 aromatic rings. The predicted octanol–water partition coefficient (Wildman–Crippen LogP) is 2.36. The fourth-order valence-electron chi connectivity index (χ4n) is 1.83. The second kappa shape index (κ2) is 10.3. The number of rotatable bonds is 3. The monoisotopic (exact) mass is 328 g/mol. The summed E-state index contributed by atoms with van der Waals surface area (Å²) in [5.74, 6) is 0.257. The first-order chi connectivity index (χ1) is 11.8. The highest BCUT2D eigenvalue weighted by molar-refractivity contribution is 5.86. The molecule has 0 spiro atoms. The number of ether oxygens (including phenoxy) is 3. The molecule has 1 aliphatic heterocycles. The van der Waals surface area contributed by atoms with Crippen molar-refractivity contribution in [2.75, 3.05) is 33.5 Å². The lowest BCUT2D eigenvalue weighted by Crippen LogP contribution is -2.16. The zero-order valence-electron chi connectivity index (χ0n) is 13.6. The number of carbonyl (C=O) groups excluding carboxylic acids is 1. The van der Waals surface area contributed by atoms with Crippen molar-refractivity contribution in [2.24, 2.45) is 0 Å². The van der Waals surface area contributed by atoms with Crippen LogP contribution in [0, 0.1) is 0 Å². The van der Waals surface area contributed by atoms with Crippen LogP contribution in [0.5, 0.6) is 0 Å². The highest BCUT2D eigenvalue weighted by Crippen LogP contribution is 2.13. The molecule has 0 amide bonds. The summed E-state index contributed by atoms with van der Waals surface area (Å²) in [7, 11) is 1.33. The summed E-state index contributed by atoms with van der Waals surface area (Å²) in [5.41, 5.74) is 1.71. The minimum Gasteiger partial charge on any atom is -0.466 e. The Labute approximate surface area is 141 Å². The summed E-state index contributed by atoms with van der Waals surface area (Å²) in [6, 6.07) is 9.70. The minimum absolute atomic E-state index is 0.401. The normalized spacial score (nSPS) is 13.9. The molecule has 6 heteroatoms. The zero-order chi connectivity index (χ0) is 17.0. The van der Waals surface area contributed by atoms with Gasteiger partial charge in [0, 0.05) is 29.6 Å². The molecule has 0 aliphatic carbocycles. The molecule has 6 nitrogen and oxygen atoms in total. The molecule has 0 bridgehead atoms. The van der Waals surface area contributed by atoms with Gasteiger partial charge in [-0.25, -0.2) is 14.8 Å². The van der Waals surface area contributed by atoms with Gasteiger partial charge in [-0.15, -0.1) is 0 Å². The summed E-state index contributed by atoms with van der Waals surface area (Å²) < 4.78 is 14.4. The van der Waals surface area contributed by atoms with Crippen LogP contribution < -0.4 is 0 Å². The molecule has 1 saturated heterocycles. The van der Waals surface area contributed by atoms with Gasteiger partial charge in [-0.05, 0) is 6.08 Å². The second-order valence-electron chi connectivity index (χ2n) is 4.79. The fraction of sp³-hybridized carbons (Fsp3) is 0.278. The number of benzene rings is 1. The molecule has 24 heavy (non-hydrogen) atoms. The van der Waals surface area contributed by atoms with Crippen molar-refractivity contribution in [3.8, 4) is 11.4 Å². The Morgan fingerprint density at radius 3 is 2.12 bits per heavy atom. The van der Waals surface area contributed by atoms with Gasteiger partial charge in [0.1, 0.15) is 0 Å². The molecule has 126 valence electrons. The van der Waals surface area contributed by atoms with E-state index in [0.717, 1.165) is 37.6 Å². The molecule has 0 N–H and O–H groups in total. The maximum absolute atomic E-state index is 10.9. The summed E-state index contributed by atoms with van der Waals surface area (Å²) in [5, 5.41) is 0. The van der Waals surface area contributed by atoms with E-state index in [4.69, 9.17) is 9.47 Å². The molecular weight excluding hydrogens is 308 g/mol. The lowest BCUT2D eigenvalue weighted by Gasteiger charge is -2.09. The average Bonchev–Trinajstić information content (AvgIpc) is 2.69. The number of nitrogens with zero attached hydrogens (tertiary/aromatic N) is 2. The average molecular weight is 328 g/mol. The van der Waals surface area contributed by atoms with Gasteiger partial charge in [-0.3, -0.25) is 0 Å². The standard InChI is InChI=1S/C14H12N2O2.C4H8O2/c1-18-13(17)8-7-11-9-15-14(16-10-11)12-5-3-2-4-6-12;1-2-6-4-3-5-1/h2-10H,1H3;1-4H2/b8-7+;. The lowest BCUT2D eigenvalue weighted by molar-refractivity contribution is -0.134. The zero-order valence-corrected chi connectivity index (χ0v) is 13.6. The molecule has 0 radical (unpaired) electrons. The van der Waals surface area contributed by atoms with Gasteiger partial charge < -0.3 is 14.2 Å². The van der Waals surface area contributed by atoms with E-state index in [1.54, 1.807) is 18.5 Å². The summed E-state index contributed by atoms with van der Waals surface area (Å²) in [6.45, 7) is 3.11. The first kappa shape index (κ1) is 17.8. The van der Waals surface area contributed by atoms with Crippen molar-refractivity contribution in [1.29, 1.82) is 0 Å². The van der Waals surface area contributed by atoms with Gasteiger partial charge in [0.15, 0.2) is 5.82 Å². The Kier molecular flexibility index (Phi) is 7.59. The number of hydrogen-bond acceptors (Lipinski definition) is 6. The third-order valence-electron chi connectivity index (χ3n) is 3.06. The van der Waals surface area contributed by atoms with Crippen LogP contribution >= 0.6 is 0 Å². The predicted molar refractivity (Wildman–Crippen MR) is 90.2 cm³/mol. The van der Waals surface area contributed by atoms with E-state index in [2.05, 4.69) is 14.7 Å². The number of carbonyl (C=O) groups is 1. The molecule has 0 saturated carbocycles. The molecular formula is C18H20N2O4. The van der Waals surface area contributed by atoms with E-state index in [0.29, 0.717) is 5.82 Å². The largest absolute Gasteiger partial charge is 0.466 e. The number of aromatic nitrogens is 2. The van der Waals surface area contributed by atoms with E-state index in [9.17, 15) is 4.79 Å². The fourth-order valence-corrected chi connectivity index (χ4v) is 1.83.